The Hall–Kier alpha value is -6.42. The van der Waals surface area contributed by atoms with E-state index in [1.807, 2.05) is 13.0 Å². The van der Waals surface area contributed by atoms with Crippen LogP contribution < -0.4 is 14.2 Å². The highest BCUT2D eigenvalue weighted by Crippen LogP contribution is 2.39. The van der Waals surface area contributed by atoms with Crippen LogP contribution in [0.15, 0.2) is 78.9 Å². The normalized spacial score (nSPS) is 15.8. The molecule has 5 rings (SSSR count). The largest absolute Gasteiger partial charge is 0.494 e. The molecule has 544 valence electrons. The summed E-state index contributed by atoms with van der Waals surface area (Å²) in [6.07, 6.45) is 34.2. The number of hydrogen-bond acceptors (Lipinski definition) is 16. The van der Waals surface area contributed by atoms with E-state index in [1.54, 1.807) is 26.2 Å². The smallest absolute Gasteiger partial charge is 0.341 e. The van der Waals surface area contributed by atoms with Gasteiger partial charge in [-0.05, 0) is 258 Å². The number of carbonyl (C=O) groups is 6. The molecule has 16 heteroatoms. The lowest BCUT2D eigenvalue weighted by Gasteiger charge is -2.28. The third kappa shape index (κ3) is 39.7. The molecule has 0 unspecified atom stereocenters. The number of benzene rings is 3. The summed E-state index contributed by atoms with van der Waals surface area (Å²) < 4.78 is 54.4. The Morgan fingerprint density at radius 3 is 1.07 bits per heavy atom. The number of carbonyl (C=O) groups excluding carboxylic acids is 6. The fraction of sp³-hybridized carbons (Fsp3) is 0.679. The molecule has 0 aliphatic heterocycles. The van der Waals surface area contributed by atoms with Crippen molar-refractivity contribution < 1.29 is 76.1 Å². The maximum absolute atomic E-state index is 12.8. The molecule has 0 aromatic heterocycles. The third-order valence-electron chi connectivity index (χ3n) is 18.3. The first kappa shape index (κ1) is 83.0. The Kier molecular flexibility index (Phi) is 45.8. The number of unbranched alkanes of at least 4 members (excludes halogenated alkanes) is 15. The number of ether oxygens (including phenoxy) is 10. The van der Waals surface area contributed by atoms with Crippen LogP contribution in [0, 0.1) is 18.8 Å². The highest BCUT2D eigenvalue weighted by atomic mass is 16.6. The lowest BCUT2D eigenvalue weighted by Crippen LogP contribution is -2.13. The Morgan fingerprint density at radius 1 is 0.392 bits per heavy atom. The molecule has 0 bridgehead atoms. The summed E-state index contributed by atoms with van der Waals surface area (Å²) in [6.45, 7) is 16.4. The van der Waals surface area contributed by atoms with Gasteiger partial charge >= 0.3 is 35.8 Å². The zero-order valence-corrected chi connectivity index (χ0v) is 60.4. The second kappa shape index (κ2) is 53.5. The molecule has 2 aliphatic carbocycles. The van der Waals surface area contributed by atoms with Gasteiger partial charge in [-0.15, -0.1) is 0 Å². The van der Waals surface area contributed by atoms with Gasteiger partial charge in [-0.3, -0.25) is 19.2 Å². The molecule has 0 N–H and O–H groups in total. The van der Waals surface area contributed by atoms with Crippen molar-refractivity contribution in [2.24, 2.45) is 11.8 Å². The SMILES string of the molecule is C=C(C)C(=O)OCCCCCCOC(=O)c1cc(C)ccc1OCCCCCCOC(=O)CCC(=O)OCCCCCCOc1ccc(C2CCC(CCC)CC2)cc1.CCCC1CCC(c2ccc(OCCCCCCOC(=O)CCC(=O)OCCCCCCOC)cc2)CC1. The van der Waals surface area contributed by atoms with Crippen LogP contribution in [0.5, 0.6) is 17.2 Å². The van der Waals surface area contributed by atoms with Crippen molar-refractivity contribution in [3.8, 4) is 17.2 Å². The molecule has 3 aromatic rings. The van der Waals surface area contributed by atoms with Crippen LogP contribution in [-0.2, 0) is 57.1 Å². The lowest BCUT2D eigenvalue weighted by molar-refractivity contribution is -0.150. The lowest BCUT2D eigenvalue weighted by atomic mass is 9.77. The van der Waals surface area contributed by atoms with Gasteiger partial charge in [0.05, 0.1) is 85.1 Å². The maximum atomic E-state index is 12.8. The number of esters is 6. The van der Waals surface area contributed by atoms with Crippen molar-refractivity contribution in [2.45, 2.75) is 271 Å². The van der Waals surface area contributed by atoms with E-state index in [-0.39, 0.29) is 49.6 Å². The van der Waals surface area contributed by atoms with Gasteiger partial charge in [-0.1, -0.05) is 88.4 Å². The molecule has 0 amide bonds. The topological polar surface area (TPSA) is 195 Å². The summed E-state index contributed by atoms with van der Waals surface area (Å²) >= 11 is 0. The molecular weight excluding hydrogens is 1230 g/mol. The molecule has 0 atom stereocenters. The molecule has 0 heterocycles. The van der Waals surface area contributed by atoms with Crippen LogP contribution in [-0.4, -0.2) is 109 Å². The van der Waals surface area contributed by atoms with Crippen molar-refractivity contribution in [1.29, 1.82) is 0 Å². The molecule has 3 aromatic carbocycles. The van der Waals surface area contributed by atoms with Gasteiger partial charge in [0.25, 0.3) is 0 Å². The molecule has 97 heavy (non-hydrogen) atoms. The van der Waals surface area contributed by atoms with E-state index in [0.29, 0.717) is 88.2 Å². The van der Waals surface area contributed by atoms with E-state index in [4.69, 9.17) is 47.4 Å². The predicted octanol–water partition coefficient (Wildman–Crippen LogP) is 19.1. The predicted molar refractivity (Wildman–Crippen MR) is 382 cm³/mol. The standard InChI is InChI=1S/C49H72O10.C32H52O6/c1-5-18-40-20-22-41(23-21-40)42-24-26-43(27-25-42)54-31-12-6-8-14-33-56-46(50)29-30-47(51)57-34-15-9-7-13-32-55-45-28-19-39(4)37-44(45)49(53)59-36-17-11-10-16-35-58-48(52)38(2)3;1-3-12-27-13-15-28(16-14-27)29-17-19-30(20-18-29)36-24-9-6-7-11-26-38-32(34)22-21-31(33)37-25-10-5-4-8-23-35-2/h19,24-28,37,40-41H,2,5-18,20-23,29-36H2,1,3-4H3;17-20,27-28H,3-16,21-26H2,1-2H3. The summed E-state index contributed by atoms with van der Waals surface area (Å²) in [6, 6.07) is 22.9. The van der Waals surface area contributed by atoms with Crippen LogP contribution in [0.4, 0.5) is 0 Å². The molecular formula is C81H124O16. The first-order valence-corrected chi connectivity index (χ1v) is 37.6. The third-order valence-corrected chi connectivity index (χ3v) is 18.3. The van der Waals surface area contributed by atoms with E-state index in [9.17, 15) is 28.8 Å². The second-order valence-corrected chi connectivity index (χ2v) is 26.7. The zero-order valence-electron chi connectivity index (χ0n) is 60.4. The van der Waals surface area contributed by atoms with Crippen LogP contribution in [0.1, 0.15) is 291 Å². The van der Waals surface area contributed by atoms with E-state index in [1.165, 1.54) is 88.2 Å². The van der Waals surface area contributed by atoms with Gasteiger partial charge in [0.1, 0.15) is 22.8 Å². The number of rotatable bonds is 52. The van der Waals surface area contributed by atoms with Crippen LogP contribution in [0.25, 0.3) is 0 Å². The summed E-state index contributed by atoms with van der Waals surface area (Å²) in [5, 5.41) is 0. The molecule has 16 nitrogen and oxygen atoms in total. The van der Waals surface area contributed by atoms with E-state index in [0.717, 1.165) is 164 Å². The molecule has 2 saturated carbocycles. The monoisotopic (exact) mass is 1350 g/mol. The minimum absolute atomic E-state index is 0.0151. The average Bonchev–Trinajstić information content (AvgIpc) is 1.05. The molecule has 0 saturated heterocycles. The number of methoxy groups -OCH3 is 1. The van der Waals surface area contributed by atoms with Gasteiger partial charge in [-0.2, -0.15) is 0 Å². The Labute approximate surface area is 583 Å². The first-order valence-electron chi connectivity index (χ1n) is 37.6. The second-order valence-electron chi connectivity index (χ2n) is 26.7. The van der Waals surface area contributed by atoms with Gasteiger partial charge in [-0.25, -0.2) is 9.59 Å². The molecule has 0 radical (unpaired) electrons. The van der Waals surface area contributed by atoms with Crippen molar-refractivity contribution in [3.05, 3.63) is 101 Å². The summed E-state index contributed by atoms with van der Waals surface area (Å²) in [5.74, 6) is 3.44. The van der Waals surface area contributed by atoms with Gasteiger partial charge in [0, 0.05) is 19.3 Å². The highest BCUT2D eigenvalue weighted by molar-refractivity contribution is 5.92. The van der Waals surface area contributed by atoms with Gasteiger partial charge in [0.15, 0.2) is 0 Å². The van der Waals surface area contributed by atoms with Crippen molar-refractivity contribution in [2.75, 3.05) is 73.2 Å². The van der Waals surface area contributed by atoms with Crippen molar-refractivity contribution >= 4 is 35.8 Å². The van der Waals surface area contributed by atoms with E-state index in [2.05, 4.69) is 69.0 Å². The molecule has 2 aliphatic rings. The maximum Gasteiger partial charge on any atom is 0.341 e. The fourth-order valence-corrected chi connectivity index (χ4v) is 12.5. The molecule has 0 spiro atoms. The Bertz CT molecular complexity index is 2600. The Morgan fingerprint density at radius 2 is 0.722 bits per heavy atom. The quantitative estimate of drug-likeness (QED) is 0.0224. The fourth-order valence-electron chi connectivity index (χ4n) is 12.5. The average molecular weight is 1350 g/mol. The van der Waals surface area contributed by atoms with Gasteiger partial charge < -0.3 is 47.4 Å². The summed E-state index contributed by atoms with van der Waals surface area (Å²) in [4.78, 5) is 71.9. The Balaban J connectivity index is 0.000000453. The zero-order chi connectivity index (χ0) is 69.8. The first-order chi connectivity index (χ1) is 47.3. The number of aryl methyl sites for hydroxylation is 1. The highest BCUT2D eigenvalue weighted by Gasteiger charge is 2.24. The van der Waals surface area contributed by atoms with Crippen LogP contribution >= 0.6 is 0 Å². The minimum Gasteiger partial charge on any atom is -0.494 e. The van der Waals surface area contributed by atoms with Crippen LogP contribution in [0.3, 0.4) is 0 Å². The van der Waals surface area contributed by atoms with E-state index < -0.39 is 11.9 Å². The minimum atomic E-state index is -0.409. The summed E-state index contributed by atoms with van der Waals surface area (Å²) in [7, 11) is 1.70. The van der Waals surface area contributed by atoms with Crippen molar-refractivity contribution in [3.63, 3.8) is 0 Å². The summed E-state index contributed by atoms with van der Waals surface area (Å²) in [5.41, 5.74) is 4.65. The van der Waals surface area contributed by atoms with Gasteiger partial charge in [0.2, 0.25) is 0 Å². The van der Waals surface area contributed by atoms with Crippen molar-refractivity contribution in [1.82, 2.24) is 0 Å². The van der Waals surface area contributed by atoms with E-state index >= 15 is 0 Å². The van der Waals surface area contributed by atoms with Crippen LogP contribution in [0.2, 0.25) is 0 Å². The number of hydrogen-bond donors (Lipinski definition) is 0. The molecule has 2 fully saturated rings.